The number of nitrogens with one attached hydrogen (secondary N) is 1. The summed E-state index contributed by atoms with van der Waals surface area (Å²) in [6, 6.07) is 5.63. The highest BCUT2D eigenvalue weighted by Gasteiger charge is 2.15. The molecular weight excluding hydrogens is 332 g/mol. The molecule has 0 saturated heterocycles. The Hall–Kier alpha value is -3.21. The number of anilines is 1. The molecule has 0 bridgehead atoms. The predicted molar refractivity (Wildman–Crippen MR) is 91.1 cm³/mol. The van der Waals surface area contributed by atoms with E-state index in [1.54, 1.807) is 6.92 Å². The maximum Gasteiger partial charge on any atom is 0.264 e. The van der Waals surface area contributed by atoms with Crippen molar-refractivity contribution in [3.8, 4) is 0 Å². The van der Waals surface area contributed by atoms with E-state index < -0.39 is 10.0 Å². The van der Waals surface area contributed by atoms with Gasteiger partial charge >= 0.3 is 0 Å². The third kappa shape index (κ3) is 4.64. The molecule has 11 heteroatoms. The molecule has 1 aromatic carbocycles. The molecule has 10 nitrogen and oxygen atoms in total. The van der Waals surface area contributed by atoms with Gasteiger partial charge in [-0.15, -0.1) is 0 Å². The molecule has 0 radical (unpaired) electrons. The Bertz CT molecular complexity index is 869. The first-order valence-electron chi connectivity index (χ1n) is 6.61. The van der Waals surface area contributed by atoms with Gasteiger partial charge in [-0.1, -0.05) is 0 Å². The van der Waals surface area contributed by atoms with E-state index in [-0.39, 0.29) is 22.8 Å². The third-order valence-corrected chi connectivity index (χ3v) is 3.98. The molecule has 0 aliphatic carbocycles. The molecule has 1 aromatic heterocycles. The smallest absolute Gasteiger partial charge is 0.264 e. The molecule has 24 heavy (non-hydrogen) atoms. The predicted octanol–water partition coefficient (Wildman–Crippen LogP) is -0.195. The Morgan fingerprint density at radius 1 is 1.08 bits per heavy atom. The van der Waals surface area contributed by atoms with Crippen LogP contribution in [0.4, 0.5) is 11.6 Å². The number of benzene rings is 1. The zero-order valence-electron chi connectivity index (χ0n) is 12.7. The molecule has 0 amide bonds. The van der Waals surface area contributed by atoms with Gasteiger partial charge in [0.15, 0.2) is 5.96 Å². The van der Waals surface area contributed by atoms with E-state index in [0.717, 1.165) is 5.56 Å². The van der Waals surface area contributed by atoms with E-state index in [4.69, 9.17) is 17.2 Å². The van der Waals surface area contributed by atoms with Crippen molar-refractivity contribution in [2.45, 2.75) is 11.8 Å². The molecular formula is C13H16N8O2S. The van der Waals surface area contributed by atoms with Crippen LogP contribution >= 0.6 is 0 Å². The maximum atomic E-state index is 12.3. The SMILES string of the molecule is Cc1cnc(NS(=O)(=O)c2ccc(N=C(N)N=C(N)N)cc2)nc1. The van der Waals surface area contributed by atoms with Gasteiger partial charge in [0.2, 0.25) is 11.9 Å². The molecule has 0 unspecified atom stereocenters. The van der Waals surface area contributed by atoms with Crippen LogP contribution in [-0.2, 0) is 10.0 Å². The topological polar surface area (TPSA) is 175 Å². The van der Waals surface area contributed by atoms with Gasteiger partial charge in [0.1, 0.15) is 0 Å². The van der Waals surface area contributed by atoms with Crippen molar-refractivity contribution in [2.24, 2.45) is 27.2 Å². The minimum atomic E-state index is -3.81. The average Bonchev–Trinajstić information content (AvgIpc) is 2.49. The summed E-state index contributed by atoms with van der Waals surface area (Å²) in [7, 11) is -3.81. The Morgan fingerprint density at radius 2 is 1.67 bits per heavy atom. The van der Waals surface area contributed by atoms with Gasteiger partial charge < -0.3 is 17.2 Å². The molecule has 2 aromatic rings. The first kappa shape index (κ1) is 17.1. The molecule has 0 aliphatic heterocycles. The molecule has 126 valence electrons. The van der Waals surface area contributed by atoms with Gasteiger partial charge in [0.05, 0.1) is 10.6 Å². The molecule has 1 heterocycles. The molecule has 0 fully saturated rings. The standard InChI is InChI=1S/C13H16N8O2S/c1-8-6-17-13(18-7-8)21-24(22,23)10-4-2-9(3-5-10)19-12(16)20-11(14)15/h2-7H,1H3,(H,17,18,21)(H6,14,15,16,19,20). The summed E-state index contributed by atoms with van der Waals surface area (Å²) in [5.74, 6) is -0.380. The lowest BCUT2D eigenvalue weighted by Gasteiger charge is -2.06. The van der Waals surface area contributed by atoms with Crippen LogP contribution in [0.2, 0.25) is 0 Å². The highest BCUT2D eigenvalue weighted by Crippen LogP contribution is 2.18. The van der Waals surface area contributed by atoms with Crippen LogP contribution in [-0.4, -0.2) is 30.3 Å². The quantitative estimate of drug-likeness (QED) is 0.437. The highest BCUT2D eigenvalue weighted by molar-refractivity contribution is 7.92. The van der Waals surface area contributed by atoms with Crippen LogP contribution < -0.4 is 21.9 Å². The van der Waals surface area contributed by atoms with E-state index in [1.807, 2.05) is 0 Å². The van der Waals surface area contributed by atoms with Gasteiger partial charge in [-0.3, -0.25) is 0 Å². The van der Waals surface area contributed by atoms with Gasteiger partial charge in [-0.2, -0.15) is 4.99 Å². The molecule has 7 N–H and O–H groups in total. The fourth-order valence-corrected chi connectivity index (χ4v) is 2.57. The molecule has 0 atom stereocenters. The number of sulfonamides is 1. The van der Waals surface area contributed by atoms with Crippen molar-refractivity contribution in [1.82, 2.24) is 9.97 Å². The lowest BCUT2D eigenvalue weighted by Crippen LogP contribution is -2.26. The second-order valence-electron chi connectivity index (χ2n) is 4.69. The van der Waals surface area contributed by atoms with E-state index >= 15 is 0 Å². The number of aliphatic imine (C=N–C) groups is 2. The van der Waals surface area contributed by atoms with Gasteiger partial charge in [0, 0.05) is 12.4 Å². The van der Waals surface area contributed by atoms with Crippen LogP contribution in [0.5, 0.6) is 0 Å². The monoisotopic (exact) mass is 348 g/mol. The van der Waals surface area contributed by atoms with E-state index in [1.165, 1.54) is 36.7 Å². The minimum absolute atomic E-state index is 0.0142. The van der Waals surface area contributed by atoms with Crippen LogP contribution in [0.3, 0.4) is 0 Å². The van der Waals surface area contributed by atoms with Crippen molar-refractivity contribution in [3.63, 3.8) is 0 Å². The zero-order valence-corrected chi connectivity index (χ0v) is 13.5. The van der Waals surface area contributed by atoms with E-state index in [2.05, 4.69) is 24.7 Å². The second kappa shape index (κ2) is 6.91. The summed E-state index contributed by atoms with van der Waals surface area (Å²) in [6.45, 7) is 1.80. The number of hydrogen-bond acceptors (Lipinski definition) is 5. The summed E-state index contributed by atoms with van der Waals surface area (Å²) in [5.41, 5.74) is 17.1. The zero-order chi connectivity index (χ0) is 17.7. The summed E-state index contributed by atoms with van der Waals surface area (Å²) >= 11 is 0. The third-order valence-electron chi connectivity index (χ3n) is 2.64. The number of guanidine groups is 2. The Kier molecular flexibility index (Phi) is 4.94. The lowest BCUT2D eigenvalue weighted by molar-refractivity contribution is 0.601. The fraction of sp³-hybridized carbons (Fsp3) is 0.0769. The van der Waals surface area contributed by atoms with Crippen molar-refractivity contribution >= 4 is 33.6 Å². The van der Waals surface area contributed by atoms with Crippen LogP contribution in [0.15, 0.2) is 51.5 Å². The Balaban J connectivity index is 2.20. The Labute approximate surface area is 138 Å². The number of rotatable bonds is 4. The van der Waals surface area contributed by atoms with Crippen molar-refractivity contribution < 1.29 is 8.42 Å². The lowest BCUT2D eigenvalue weighted by atomic mass is 10.3. The van der Waals surface area contributed by atoms with E-state index in [9.17, 15) is 8.42 Å². The summed E-state index contributed by atoms with van der Waals surface area (Å²) < 4.78 is 26.8. The van der Waals surface area contributed by atoms with Crippen molar-refractivity contribution in [3.05, 3.63) is 42.2 Å². The average molecular weight is 348 g/mol. The first-order valence-corrected chi connectivity index (χ1v) is 8.10. The number of aryl methyl sites for hydroxylation is 1. The largest absolute Gasteiger partial charge is 0.370 e. The van der Waals surface area contributed by atoms with Crippen LogP contribution in [0.25, 0.3) is 0 Å². The number of hydrogen-bond donors (Lipinski definition) is 4. The number of nitrogens with zero attached hydrogens (tertiary/aromatic N) is 4. The Morgan fingerprint density at radius 3 is 2.21 bits per heavy atom. The van der Waals surface area contributed by atoms with Crippen LogP contribution in [0, 0.1) is 6.92 Å². The maximum absolute atomic E-state index is 12.3. The van der Waals surface area contributed by atoms with Gasteiger partial charge in [-0.05, 0) is 36.8 Å². The second-order valence-corrected chi connectivity index (χ2v) is 6.37. The summed E-state index contributed by atoms with van der Waals surface area (Å²) in [6.07, 6.45) is 3.02. The highest BCUT2D eigenvalue weighted by atomic mass is 32.2. The van der Waals surface area contributed by atoms with Crippen molar-refractivity contribution in [2.75, 3.05) is 4.72 Å². The van der Waals surface area contributed by atoms with Gasteiger partial charge in [-0.25, -0.2) is 28.1 Å². The normalized spacial score (nSPS) is 11.8. The van der Waals surface area contributed by atoms with Crippen molar-refractivity contribution in [1.29, 1.82) is 0 Å². The summed E-state index contributed by atoms with van der Waals surface area (Å²) in [4.78, 5) is 15.3. The van der Waals surface area contributed by atoms with Crippen LogP contribution in [0.1, 0.15) is 5.56 Å². The molecule has 0 spiro atoms. The minimum Gasteiger partial charge on any atom is -0.370 e. The number of nitrogens with two attached hydrogens (primary N) is 3. The molecule has 0 aliphatic rings. The number of aromatic nitrogens is 2. The fourth-order valence-electron chi connectivity index (χ4n) is 1.61. The molecule has 0 saturated carbocycles. The van der Waals surface area contributed by atoms with Gasteiger partial charge in [0.25, 0.3) is 10.0 Å². The summed E-state index contributed by atoms with van der Waals surface area (Å²) in [5, 5.41) is 0. The first-order chi connectivity index (χ1) is 11.3. The molecule has 2 rings (SSSR count). The van der Waals surface area contributed by atoms with E-state index in [0.29, 0.717) is 5.69 Å².